The number of nitrogen functional groups attached to an aromatic ring is 1. The third-order valence-electron chi connectivity index (χ3n) is 3.62. The van der Waals surface area contributed by atoms with Gasteiger partial charge in [-0.15, -0.1) is 0 Å². The first-order chi connectivity index (χ1) is 9.25. The Labute approximate surface area is 137 Å². The van der Waals surface area contributed by atoms with E-state index >= 15 is 0 Å². The first-order valence-electron chi connectivity index (χ1n) is 6.51. The Kier molecular flexibility index (Phi) is 4.83. The van der Waals surface area contributed by atoms with Gasteiger partial charge >= 0.3 is 0 Å². The number of halogens is 2. The molecule has 1 unspecified atom stereocenters. The fourth-order valence-electron chi connectivity index (χ4n) is 2.70. The highest BCUT2D eigenvalue weighted by Crippen LogP contribution is 2.37. The van der Waals surface area contributed by atoms with Crippen LogP contribution in [0.5, 0.6) is 0 Å². The Bertz CT molecular complexity index is 594. The Morgan fingerprint density at radius 1 is 1.35 bits per heavy atom. The van der Waals surface area contributed by atoms with Crippen molar-refractivity contribution < 1.29 is 8.42 Å². The van der Waals surface area contributed by atoms with Crippen LogP contribution in [0.15, 0.2) is 26.0 Å². The van der Waals surface area contributed by atoms with E-state index in [0.717, 1.165) is 17.3 Å². The Balaban J connectivity index is 2.51. The van der Waals surface area contributed by atoms with Crippen molar-refractivity contribution in [2.75, 3.05) is 12.3 Å². The van der Waals surface area contributed by atoms with Gasteiger partial charge in [0, 0.05) is 21.5 Å². The van der Waals surface area contributed by atoms with Crippen molar-refractivity contribution >= 4 is 47.6 Å². The predicted octanol–water partition coefficient (Wildman–Crippen LogP) is 3.60. The second-order valence-corrected chi connectivity index (χ2v) is 8.97. The topological polar surface area (TPSA) is 63.4 Å². The largest absolute Gasteiger partial charge is 0.398 e. The van der Waals surface area contributed by atoms with E-state index in [-0.39, 0.29) is 16.6 Å². The fourth-order valence-corrected chi connectivity index (χ4v) is 6.54. The van der Waals surface area contributed by atoms with Crippen LogP contribution in [-0.4, -0.2) is 25.3 Å². The molecule has 2 N–H and O–H groups in total. The van der Waals surface area contributed by atoms with Gasteiger partial charge in [-0.2, -0.15) is 4.31 Å². The summed E-state index contributed by atoms with van der Waals surface area (Å²) in [5.41, 5.74) is 6.20. The third kappa shape index (κ3) is 2.91. The minimum Gasteiger partial charge on any atom is -0.398 e. The number of benzene rings is 1. The number of nitrogens with two attached hydrogens (primary N) is 1. The molecular weight excluding hydrogens is 408 g/mol. The summed E-state index contributed by atoms with van der Waals surface area (Å²) in [6, 6.07) is 3.39. The van der Waals surface area contributed by atoms with Crippen molar-refractivity contribution in [1.82, 2.24) is 4.31 Å². The van der Waals surface area contributed by atoms with E-state index < -0.39 is 10.0 Å². The summed E-state index contributed by atoms with van der Waals surface area (Å²) in [6.07, 6.45) is 1.81. The molecule has 1 aromatic rings. The molecule has 0 spiro atoms. The van der Waals surface area contributed by atoms with Gasteiger partial charge in [0.2, 0.25) is 10.0 Å². The quantitative estimate of drug-likeness (QED) is 0.752. The molecule has 0 amide bonds. The monoisotopic (exact) mass is 424 g/mol. The number of hydrogen-bond acceptors (Lipinski definition) is 3. The molecule has 0 aromatic heterocycles. The number of sulfonamides is 1. The molecule has 1 atom stereocenters. The van der Waals surface area contributed by atoms with Crippen LogP contribution in [0.3, 0.4) is 0 Å². The van der Waals surface area contributed by atoms with Crippen LogP contribution in [0.2, 0.25) is 0 Å². The third-order valence-corrected chi connectivity index (χ3v) is 7.01. The highest BCUT2D eigenvalue weighted by Gasteiger charge is 2.38. The molecule has 0 radical (unpaired) electrons. The van der Waals surface area contributed by atoms with Gasteiger partial charge in [-0.1, -0.05) is 29.8 Å². The first-order valence-corrected chi connectivity index (χ1v) is 9.54. The van der Waals surface area contributed by atoms with Crippen LogP contribution < -0.4 is 5.73 Å². The summed E-state index contributed by atoms with van der Waals surface area (Å²) in [6.45, 7) is 4.67. The number of nitrogens with zero attached hydrogens (tertiary/aromatic N) is 1. The standard InChI is InChI=1S/C13H18Br2N2O2S/c1-8(2)12-4-3-5-17(12)20(18,19)13-10(15)6-9(14)7-11(13)16/h6-8,12H,3-5,16H2,1-2H3. The molecule has 4 nitrogen and oxygen atoms in total. The van der Waals surface area contributed by atoms with E-state index in [9.17, 15) is 8.42 Å². The summed E-state index contributed by atoms with van der Waals surface area (Å²) in [5.74, 6) is 0.294. The second-order valence-electron chi connectivity index (χ2n) is 5.38. The van der Waals surface area contributed by atoms with E-state index in [2.05, 4.69) is 45.7 Å². The zero-order valence-electron chi connectivity index (χ0n) is 11.4. The molecule has 1 aliphatic heterocycles. The summed E-state index contributed by atoms with van der Waals surface area (Å²) >= 11 is 6.64. The summed E-state index contributed by atoms with van der Waals surface area (Å²) in [4.78, 5) is 0.174. The maximum atomic E-state index is 12.9. The minimum atomic E-state index is -3.57. The lowest BCUT2D eigenvalue weighted by molar-refractivity contribution is 0.316. The molecule has 1 fully saturated rings. The highest BCUT2D eigenvalue weighted by molar-refractivity contribution is 9.11. The maximum Gasteiger partial charge on any atom is 0.246 e. The Morgan fingerprint density at radius 2 is 2.00 bits per heavy atom. The van der Waals surface area contributed by atoms with Crippen molar-refractivity contribution in [2.24, 2.45) is 5.92 Å². The molecule has 1 aliphatic rings. The lowest BCUT2D eigenvalue weighted by Gasteiger charge is -2.27. The molecule has 1 heterocycles. The van der Waals surface area contributed by atoms with Gasteiger partial charge in [-0.3, -0.25) is 0 Å². The number of anilines is 1. The van der Waals surface area contributed by atoms with Crippen LogP contribution in [0.1, 0.15) is 26.7 Å². The molecule has 0 saturated carbocycles. The van der Waals surface area contributed by atoms with Gasteiger partial charge in [0.1, 0.15) is 4.90 Å². The lowest BCUT2D eigenvalue weighted by atomic mass is 10.0. The van der Waals surface area contributed by atoms with E-state index in [0.29, 0.717) is 16.9 Å². The van der Waals surface area contributed by atoms with Gasteiger partial charge in [-0.05, 0) is 46.8 Å². The normalized spacial score (nSPS) is 20.8. The number of hydrogen-bond donors (Lipinski definition) is 1. The molecule has 112 valence electrons. The zero-order chi connectivity index (χ0) is 15.1. The van der Waals surface area contributed by atoms with Crippen molar-refractivity contribution in [3.05, 3.63) is 21.1 Å². The van der Waals surface area contributed by atoms with Crippen LogP contribution >= 0.6 is 31.9 Å². The predicted molar refractivity (Wildman–Crippen MR) is 88.0 cm³/mol. The molecule has 0 aliphatic carbocycles. The lowest BCUT2D eigenvalue weighted by Crippen LogP contribution is -2.38. The zero-order valence-corrected chi connectivity index (χ0v) is 15.4. The van der Waals surface area contributed by atoms with Crippen molar-refractivity contribution in [2.45, 2.75) is 37.6 Å². The molecule has 2 rings (SSSR count). The molecule has 1 saturated heterocycles. The molecule has 0 bridgehead atoms. The van der Waals surface area contributed by atoms with E-state index in [1.54, 1.807) is 16.4 Å². The van der Waals surface area contributed by atoms with Crippen LogP contribution in [0.4, 0.5) is 5.69 Å². The van der Waals surface area contributed by atoms with Crippen molar-refractivity contribution in [3.8, 4) is 0 Å². The van der Waals surface area contributed by atoms with E-state index in [4.69, 9.17) is 5.73 Å². The average Bonchev–Trinajstić information content (AvgIpc) is 2.75. The van der Waals surface area contributed by atoms with Gasteiger partial charge in [0.05, 0.1) is 5.69 Å². The molecule has 7 heteroatoms. The van der Waals surface area contributed by atoms with Crippen LogP contribution in [-0.2, 0) is 10.0 Å². The first kappa shape index (κ1) is 16.3. The summed E-state index contributed by atoms with van der Waals surface area (Å²) in [5, 5.41) is 0. The van der Waals surface area contributed by atoms with Gasteiger partial charge in [-0.25, -0.2) is 8.42 Å². The van der Waals surface area contributed by atoms with E-state index in [1.165, 1.54) is 0 Å². The van der Waals surface area contributed by atoms with E-state index in [1.807, 2.05) is 0 Å². The Morgan fingerprint density at radius 3 is 2.55 bits per heavy atom. The molecular formula is C13H18Br2N2O2S. The smallest absolute Gasteiger partial charge is 0.246 e. The van der Waals surface area contributed by atoms with Gasteiger partial charge in [0.15, 0.2) is 0 Å². The van der Waals surface area contributed by atoms with Crippen molar-refractivity contribution in [3.63, 3.8) is 0 Å². The minimum absolute atomic E-state index is 0.0509. The molecule has 1 aromatic carbocycles. The molecule has 20 heavy (non-hydrogen) atoms. The second kappa shape index (κ2) is 5.94. The SMILES string of the molecule is CC(C)C1CCCN1S(=O)(=O)c1c(N)cc(Br)cc1Br. The fraction of sp³-hybridized carbons (Fsp3) is 0.538. The maximum absolute atomic E-state index is 12.9. The summed E-state index contributed by atoms with van der Waals surface area (Å²) in [7, 11) is -3.57. The average molecular weight is 426 g/mol. The number of rotatable bonds is 3. The highest BCUT2D eigenvalue weighted by atomic mass is 79.9. The van der Waals surface area contributed by atoms with Gasteiger partial charge in [0.25, 0.3) is 0 Å². The van der Waals surface area contributed by atoms with Crippen molar-refractivity contribution in [1.29, 1.82) is 0 Å². The summed E-state index contributed by atoms with van der Waals surface area (Å²) < 4.78 is 28.7. The van der Waals surface area contributed by atoms with Crippen LogP contribution in [0.25, 0.3) is 0 Å². The van der Waals surface area contributed by atoms with Gasteiger partial charge < -0.3 is 5.73 Å². The van der Waals surface area contributed by atoms with Crippen LogP contribution in [0, 0.1) is 5.92 Å². The Hall–Kier alpha value is -0.110.